The molecule has 0 bridgehead atoms. The molecule has 180 valence electrons. The number of amides is 2. The van der Waals surface area contributed by atoms with Crippen LogP contribution in [0.1, 0.15) is 59.5 Å². The molecule has 1 fully saturated rings. The summed E-state index contributed by atoms with van der Waals surface area (Å²) in [6.45, 7) is 0.729. The third-order valence-corrected chi connectivity index (χ3v) is 8.19. The van der Waals surface area contributed by atoms with E-state index in [1.54, 1.807) is 0 Å². The van der Waals surface area contributed by atoms with Gasteiger partial charge in [-0.05, 0) is 79.3 Å². The fourth-order valence-corrected chi connectivity index (χ4v) is 6.27. The number of carboxylic acid groups (broad SMARTS) is 1. The van der Waals surface area contributed by atoms with E-state index in [4.69, 9.17) is 16.7 Å². The highest BCUT2D eigenvalue weighted by Crippen LogP contribution is 2.39. The van der Waals surface area contributed by atoms with Crippen LogP contribution < -0.4 is 10.6 Å². The molecule has 8 heteroatoms. The van der Waals surface area contributed by atoms with Crippen molar-refractivity contribution in [1.29, 1.82) is 0 Å². The zero-order valence-corrected chi connectivity index (χ0v) is 20.5. The number of rotatable bonds is 8. The van der Waals surface area contributed by atoms with Crippen LogP contribution in [0.15, 0.2) is 47.4 Å². The molecule has 1 unspecified atom stereocenters. The largest absolute Gasteiger partial charge is 0.481 e. The minimum absolute atomic E-state index is 0.0333. The molecule has 2 amide bonds. The Morgan fingerprint density at radius 3 is 2.38 bits per heavy atom. The molecular formula is C26H29ClN2O4S. The van der Waals surface area contributed by atoms with Crippen LogP contribution in [-0.2, 0) is 16.0 Å². The van der Waals surface area contributed by atoms with Crippen LogP contribution in [0, 0.1) is 5.92 Å². The van der Waals surface area contributed by atoms with E-state index >= 15 is 0 Å². The van der Waals surface area contributed by atoms with Gasteiger partial charge in [0.2, 0.25) is 5.91 Å². The first kappa shape index (κ1) is 24.6. The highest BCUT2D eigenvalue weighted by atomic mass is 35.5. The zero-order valence-electron chi connectivity index (χ0n) is 18.9. The van der Waals surface area contributed by atoms with Gasteiger partial charge < -0.3 is 15.7 Å². The van der Waals surface area contributed by atoms with E-state index in [1.165, 1.54) is 17.3 Å². The Balaban J connectivity index is 1.17. The number of hydrogen-bond acceptors (Lipinski definition) is 4. The summed E-state index contributed by atoms with van der Waals surface area (Å²) in [6.07, 6.45) is 4.78. The van der Waals surface area contributed by atoms with Gasteiger partial charge in [-0.15, -0.1) is 11.8 Å². The molecule has 0 aromatic heterocycles. The third-order valence-electron chi connectivity index (χ3n) is 6.66. The van der Waals surface area contributed by atoms with Crippen molar-refractivity contribution < 1.29 is 19.5 Å². The number of hydrogen-bond donors (Lipinski definition) is 3. The van der Waals surface area contributed by atoms with Gasteiger partial charge in [-0.1, -0.05) is 29.8 Å². The Morgan fingerprint density at radius 1 is 0.971 bits per heavy atom. The Labute approximate surface area is 208 Å². The van der Waals surface area contributed by atoms with Gasteiger partial charge in [0.1, 0.15) is 0 Å². The van der Waals surface area contributed by atoms with Gasteiger partial charge in [0, 0.05) is 35.0 Å². The number of thioether (sulfide) groups is 1. The molecule has 3 N–H and O–H groups in total. The fraction of sp³-hybridized carbons (Fsp3) is 0.423. The van der Waals surface area contributed by atoms with E-state index in [-0.39, 0.29) is 29.4 Å². The Kier molecular flexibility index (Phi) is 8.16. The van der Waals surface area contributed by atoms with Gasteiger partial charge in [0.05, 0.1) is 5.25 Å². The summed E-state index contributed by atoms with van der Waals surface area (Å²) in [5.41, 5.74) is 2.93. The summed E-state index contributed by atoms with van der Waals surface area (Å²) in [7, 11) is 0. The summed E-state index contributed by atoms with van der Waals surface area (Å²) in [5, 5.41) is 15.2. The van der Waals surface area contributed by atoms with Crippen molar-refractivity contribution in [2.24, 2.45) is 5.92 Å². The lowest BCUT2D eigenvalue weighted by atomic mass is 9.77. The van der Waals surface area contributed by atoms with Crippen LogP contribution in [-0.4, -0.2) is 41.2 Å². The van der Waals surface area contributed by atoms with Crippen LogP contribution in [0.5, 0.6) is 0 Å². The molecule has 1 heterocycles. The van der Waals surface area contributed by atoms with Crippen molar-refractivity contribution in [3.05, 3.63) is 64.2 Å². The van der Waals surface area contributed by atoms with E-state index in [2.05, 4.69) is 10.6 Å². The van der Waals surface area contributed by atoms with Gasteiger partial charge in [-0.2, -0.15) is 0 Å². The maximum absolute atomic E-state index is 12.5. The average molecular weight is 501 g/mol. The van der Waals surface area contributed by atoms with E-state index in [0.29, 0.717) is 36.0 Å². The number of fused-ring (bicyclic) bond motifs is 1. The topological polar surface area (TPSA) is 95.5 Å². The number of carboxylic acids is 1. The van der Waals surface area contributed by atoms with Crippen molar-refractivity contribution in [1.82, 2.24) is 10.6 Å². The van der Waals surface area contributed by atoms with Gasteiger partial charge >= 0.3 is 5.97 Å². The number of benzene rings is 2. The van der Waals surface area contributed by atoms with E-state index < -0.39 is 5.97 Å². The molecule has 6 nitrogen and oxygen atoms in total. The summed E-state index contributed by atoms with van der Waals surface area (Å²) in [5.74, 6) is -0.211. The summed E-state index contributed by atoms with van der Waals surface area (Å²) in [4.78, 5) is 36.9. The molecule has 1 atom stereocenters. The number of carbonyl (C=O) groups is 3. The minimum Gasteiger partial charge on any atom is -0.481 e. The van der Waals surface area contributed by atoms with Crippen LogP contribution in [0.25, 0.3) is 0 Å². The number of aliphatic carboxylic acids is 1. The molecule has 2 aromatic rings. The highest BCUT2D eigenvalue weighted by Gasteiger charge is 2.28. The van der Waals surface area contributed by atoms with Crippen molar-refractivity contribution in [3.63, 3.8) is 0 Å². The molecule has 2 aliphatic rings. The quantitative estimate of drug-likeness (QED) is 0.458. The predicted octanol–water partition coefficient (Wildman–Crippen LogP) is 4.65. The molecule has 0 saturated heterocycles. The van der Waals surface area contributed by atoms with Crippen molar-refractivity contribution in [3.8, 4) is 0 Å². The first-order valence-electron chi connectivity index (χ1n) is 11.7. The molecule has 2 aromatic carbocycles. The number of nitrogens with one attached hydrogen (secondary N) is 2. The summed E-state index contributed by atoms with van der Waals surface area (Å²) >= 11 is 7.55. The lowest BCUT2D eigenvalue weighted by Gasteiger charge is -2.28. The molecular weight excluding hydrogens is 472 g/mol. The van der Waals surface area contributed by atoms with Crippen LogP contribution in [0.3, 0.4) is 0 Å². The average Bonchev–Trinajstić information content (AvgIpc) is 3.25. The lowest BCUT2D eigenvalue weighted by Crippen LogP contribution is -2.38. The molecule has 4 rings (SSSR count). The van der Waals surface area contributed by atoms with E-state index in [0.717, 1.165) is 36.1 Å². The summed E-state index contributed by atoms with van der Waals surface area (Å²) < 4.78 is 0. The fourth-order valence-electron chi connectivity index (χ4n) is 4.78. The lowest BCUT2D eigenvalue weighted by molar-refractivity contribution is -0.138. The van der Waals surface area contributed by atoms with Gasteiger partial charge in [-0.3, -0.25) is 14.4 Å². The monoisotopic (exact) mass is 500 g/mol. The molecule has 1 aliphatic carbocycles. The molecule has 0 radical (unpaired) electrons. The second kappa shape index (κ2) is 11.3. The molecule has 0 spiro atoms. The van der Waals surface area contributed by atoms with Crippen molar-refractivity contribution in [2.75, 3.05) is 13.1 Å². The molecule has 34 heavy (non-hydrogen) atoms. The second-order valence-electron chi connectivity index (χ2n) is 9.05. The SMILES string of the molecule is O=C(O)CC1CCC(c2ccc(C(=O)NCCNC(=O)C3Cc4ccc(Cl)cc4S3)cc2)CC1. The van der Waals surface area contributed by atoms with Crippen LogP contribution in [0.2, 0.25) is 5.02 Å². The van der Waals surface area contributed by atoms with Gasteiger partial charge in [0.25, 0.3) is 5.91 Å². The Bertz CT molecular complexity index is 1050. The Morgan fingerprint density at radius 2 is 1.68 bits per heavy atom. The minimum atomic E-state index is -0.716. The first-order chi connectivity index (χ1) is 16.4. The standard InChI is InChI=1S/C26H29ClN2O4S/c27-21-10-9-20-14-23(34-22(20)15-21)26(33)29-12-11-28-25(32)19-7-5-18(6-8-19)17-3-1-16(2-4-17)13-24(30)31/h5-10,15-17,23H,1-4,11-14H2,(H,28,32)(H,29,33)(H,30,31). The predicted molar refractivity (Wildman–Crippen MR) is 134 cm³/mol. The number of halogens is 1. The third kappa shape index (κ3) is 6.33. The normalized spacial score (nSPS) is 21.5. The van der Waals surface area contributed by atoms with Crippen molar-refractivity contribution in [2.45, 2.75) is 54.6 Å². The highest BCUT2D eigenvalue weighted by molar-refractivity contribution is 8.01. The van der Waals surface area contributed by atoms with Crippen molar-refractivity contribution >= 4 is 41.1 Å². The van der Waals surface area contributed by atoms with Gasteiger partial charge in [-0.25, -0.2) is 0 Å². The maximum Gasteiger partial charge on any atom is 0.303 e. The number of carbonyl (C=O) groups excluding carboxylic acids is 2. The van der Waals surface area contributed by atoms with Crippen LogP contribution in [0.4, 0.5) is 0 Å². The van der Waals surface area contributed by atoms with E-state index in [9.17, 15) is 14.4 Å². The molecule has 1 saturated carbocycles. The summed E-state index contributed by atoms with van der Waals surface area (Å²) in [6, 6.07) is 13.4. The van der Waals surface area contributed by atoms with Crippen LogP contribution >= 0.6 is 23.4 Å². The smallest absolute Gasteiger partial charge is 0.303 e. The Hall–Kier alpha value is -2.51. The second-order valence-corrected chi connectivity index (χ2v) is 10.7. The van der Waals surface area contributed by atoms with Gasteiger partial charge in [0.15, 0.2) is 0 Å². The maximum atomic E-state index is 12.5. The van der Waals surface area contributed by atoms with E-state index in [1.807, 2.05) is 42.5 Å². The zero-order chi connectivity index (χ0) is 24.1. The first-order valence-corrected chi connectivity index (χ1v) is 13.0. The molecule has 1 aliphatic heterocycles.